The molecule has 0 fully saturated rings. The zero-order valence-electron chi connectivity index (χ0n) is 7.90. The number of benzene rings is 1. The zero-order chi connectivity index (χ0) is 9.54. The van der Waals surface area contributed by atoms with E-state index in [1.54, 1.807) is 0 Å². The predicted molar refractivity (Wildman–Crippen MR) is 63.6 cm³/mol. The van der Waals surface area contributed by atoms with Crippen LogP contribution in [0.5, 0.6) is 0 Å². The maximum Gasteiger partial charge on any atom is 0.0273 e. The Bertz CT molecular complexity index is 440. The van der Waals surface area contributed by atoms with Gasteiger partial charge in [-0.15, -0.1) is 0 Å². The molecular formula is C13H12S. The van der Waals surface area contributed by atoms with Gasteiger partial charge in [-0.25, -0.2) is 0 Å². The third-order valence-corrected chi connectivity index (χ3v) is 3.60. The molecule has 1 atom stereocenters. The van der Waals surface area contributed by atoms with Crippen molar-refractivity contribution < 1.29 is 0 Å². The molecule has 14 heavy (non-hydrogen) atoms. The number of thiol groups is 1. The summed E-state index contributed by atoms with van der Waals surface area (Å²) in [5, 5.41) is 0.433. The van der Waals surface area contributed by atoms with E-state index in [9.17, 15) is 0 Å². The first-order chi connectivity index (χ1) is 6.86. The Kier molecular flexibility index (Phi) is 1.81. The Morgan fingerprint density at radius 3 is 3.00 bits per heavy atom. The molecule has 0 N–H and O–H groups in total. The third-order valence-electron chi connectivity index (χ3n) is 3.08. The van der Waals surface area contributed by atoms with Gasteiger partial charge in [0.15, 0.2) is 0 Å². The molecule has 0 saturated heterocycles. The number of allylic oxidation sites excluding steroid dienone is 3. The van der Waals surface area contributed by atoms with E-state index in [4.69, 9.17) is 0 Å². The van der Waals surface area contributed by atoms with E-state index < -0.39 is 0 Å². The lowest BCUT2D eigenvalue weighted by atomic mass is 9.97. The lowest BCUT2D eigenvalue weighted by molar-refractivity contribution is 0.960. The van der Waals surface area contributed by atoms with Crippen LogP contribution in [0.3, 0.4) is 0 Å². The van der Waals surface area contributed by atoms with Crippen LogP contribution in [0, 0.1) is 0 Å². The highest BCUT2D eigenvalue weighted by molar-refractivity contribution is 7.81. The van der Waals surface area contributed by atoms with Gasteiger partial charge in [-0.3, -0.25) is 0 Å². The molecule has 0 amide bonds. The molecule has 0 bridgehead atoms. The first kappa shape index (κ1) is 8.37. The van der Waals surface area contributed by atoms with Crippen LogP contribution in [-0.4, -0.2) is 5.25 Å². The fourth-order valence-electron chi connectivity index (χ4n) is 2.36. The maximum atomic E-state index is 4.63. The maximum absolute atomic E-state index is 4.63. The highest BCUT2D eigenvalue weighted by Crippen LogP contribution is 2.39. The van der Waals surface area contributed by atoms with Crippen LogP contribution in [0.1, 0.15) is 17.5 Å². The lowest BCUT2D eigenvalue weighted by Gasteiger charge is -2.15. The Balaban J connectivity index is 2.17. The molecule has 3 rings (SSSR count). The molecule has 0 nitrogen and oxygen atoms in total. The molecular weight excluding hydrogens is 188 g/mol. The summed E-state index contributed by atoms with van der Waals surface area (Å²) in [5.41, 5.74) is 5.81. The van der Waals surface area contributed by atoms with Crippen LogP contribution in [0.2, 0.25) is 0 Å². The molecule has 2 aliphatic carbocycles. The van der Waals surface area contributed by atoms with Gasteiger partial charge in [-0.1, -0.05) is 36.4 Å². The minimum Gasteiger partial charge on any atom is -0.171 e. The molecule has 0 radical (unpaired) electrons. The number of hydrogen-bond acceptors (Lipinski definition) is 1. The third kappa shape index (κ3) is 1.09. The molecule has 2 aliphatic rings. The second kappa shape index (κ2) is 3.03. The molecule has 0 spiro atoms. The highest BCUT2D eigenvalue weighted by atomic mass is 32.1. The average molecular weight is 200 g/mol. The standard InChI is InChI=1S/C13H12S/c14-13-7-3-6-11-10-5-2-1-4-9(10)8-12(11)13/h1-6,13-14H,7-8H2. The second-order valence-corrected chi connectivity index (χ2v) is 4.55. The summed E-state index contributed by atoms with van der Waals surface area (Å²) in [6, 6.07) is 8.68. The van der Waals surface area contributed by atoms with E-state index in [0.29, 0.717) is 5.25 Å². The SMILES string of the molecule is SC1CC=CC2=C1Cc1ccccc12. The van der Waals surface area contributed by atoms with Crippen molar-refractivity contribution in [2.45, 2.75) is 18.1 Å². The monoisotopic (exact) mass is 200 g/mol. The highest BCUT2D eigenvalue weighted by Gasteiger charge is 2.25. The summed E-state index contributed by atoms with van der Waals surface area (Å²) in [7, 11) is 0. The van der Waals surface area contributed by atoms with Crippen LogP contribution in [0.25, 0.3) is 5.57 Å². The van der Waals surface area contributed by atoms with Crippen molar-refractivity contribution in [3.63, 3.8) is 0 Å². The molecule has 70 valence electrons. The molecule has 0 saturated carbocycles. The van der Waals surface area contributed by atoms with Crippen LogP contribution in [0.15, 0.2) is 42.0 Å². The van der Waals surface area contributed by atoms with E-state index in [0.717, 1.165) is 12.8 Å². The summed E-state index contributed by atoms with van der Waals surface area (Å²) in [6.07, 6.45) is 6.67. The van der Waals surface area contributed by atoms with E-state index in [2.05, 4.69) is 49.0 Å². The number of rotatable bonds is 0. The van der Waals surface area contributed by atoms with E-state index in [1.807, 2.05) is 0 Å². The Labute approximate surface area is 89.8 Å². The molecule has 1 heteroatoms. The van der Waals surface area contributed by atoms with Gasteiger partial charge in [0.05, 0.1) is 0 Å². The van der Waals surface area contributed by atoms with Crippen molar-refractivity contribution in [1.82, 2.24) is 0 Å². The van der Waals surface area contributed by atoms with Gasteiger partial charge < -0.3 is 0 Å². The van der Waals surface area contributed by atoms with Gasteiger partial charge in [-0.2, -0.15) is 12.6 Å². The molecule has 1 unspecified atom stereocenters. The van der Waals surface area contributed by atoms with Gasteiger partial charge >= 0.3 is 0 Å². The Morgan fingerprint density at radius 1 is 1.21 bits per heavy atom. The van der Waals surface area contributed by atoms with E-state index in [1.165, 1.54) is 22.3 Å². The lowest BCUT2D eigenvalue weighted by Crippen LogP contribution is -2.05. The molecule has 0 aromatic heterocycles. The van der Waals surface area contributed by atoms with Gasteiger partial charge in [-0.05, 0) is 35.1 Å². The fraction of sp³-hybridized carbons (Fsp3) is 0.231. The molecule has 0 aliphatic heterocycles. The normalized spacial score (nSPS) is 23.6. The summed E-state index contributed by atoms with van der Waals surface area (Å²) in [5.74, 6) is 0. The summed E-state index contributed by atoms with van der Waals surface area (Å²) in [4.78, 5) is 0. The molecule has 1 aromatic rings. The van der Waals surface area contributed by atoms with Gasteiger partial charge in [0, 0.05) is 5.25 Å². The number of fused-ring (bicyclic) bond motifs is 2. The smallest absolute Gasteiger partial charge is 0.0273 e. The summed E-state index contributed by atoms with van der Waals surface area (Å²) >= 11 is 4.63. The predicted octanol–water partition coefficient (Wildman–Crippen LogP) is 3.25. The Morgan fingerprint density at radius 2 is 2.07 bits per heavy atom. The van der Waals surface area contributed by atoms with Gasteiger partial charge in [0.1, 0.15) is 0 Å². The minimum absolute atomic E-state index is 0.433. The molecule has 1 aromatic carbocycles. The van der Waals surface area contributed by atoms with Crippen molar-refractivity contribution in [3.05, 3.63) is 53.1 Å². The summed E-state index contributed by atoms with van der Waals surface area (Å²) < 4.78 is 0. The van der Waals surface area contributed by atoms with Crippen molar-refractivity contribution in [1.29, 1.82) is 0 Å². The first-order valence-electron chi connectivity index (χ1n) is 5.02. The van der Waals surface area contributed by atoms with Gasteiger partial charge in [0.25, 0.3) is 0 Å². The van der Waals surface area contributed by atoms with Crippen LogP contribution < -0.4 is 0 Å². The largest absolute Gasteiger partial charge is 0.171 e. The second-order valence-electron chi connectivity index (χ2n) is 3.93. The molecule has 0 heterocycles. The van der Waals surface area contributed by atoms with E-state index in [-0.39, 0.29) is 0 Å². The minimum atomic E-state index is 0.433. The van der Waals surface area contributed by atoms with Crippen LogP contribution >= 0.6 is 12.6 Å². The Hall–Kier alpha value is -0.950. The van der Waals surface area contributed by atoms with E-state index >= 15 is 0 Å². The number of hydrogen-bond donors (Lipinski definition) is 1. The average Bonchev–Trinajstić information content (AvgIpc) is 2.59. The van der Waals surface area contributed by atoms with Crippen molar-refractivity contribution in [2.24, 2.45) is 0 Å². The van der Waals surface area contributed by atoms with Crippen molar-refractivity contribution in [3.8, 4) is 0 Å². The quantitative estimate of drug-likeness (QED) is 0.611. The van der Waals surface area contributed by atoms with Crippen molar-refractivity contribution >= 4 is 18.2 Å². The van der Waals surface area contributed by atoms with Crippen LogP contribution in [0.4, 0.5) is 0 Å². The van der Waals surface area contributed by atoms with Crippen molar-refractivity contribution in [2.75, 3.05) is 0 Å². The van der Waals surface area contributed by atoms with Gasteiger partial charge in [0.2, 0.25) is 0 Å². The van der Waals surface area contributed by atoms with Crippen LogP contribution in [-0.2, 0) is 6.42 Å². The first-order valence-corrected chi connectivity index (χ1v) is 5.54. The fourth-order valence-corrected chi connectivity index (χ4v) is 2.71. The zero-order valence-corrected chi connectivity index (χ0v) is 8.80. The summed E-state index contributed by atoms with van der Waals surface area (Å²) in [6.45, 7) is 0. The topological polar surface area (TPSA) is 0 Å².